The number of rotatable bonds is 3. The predicted molar refractivity (Wildman–Crippen MR) is 73.4 cm³/mol. The van der Waals surface area contributed by atoms with E-state index in [-0.39, 0.29) is 10.8 Å². The lowest BCUT2D eigenvalue weighted by Crippen LogP contribution is -2.34. The van der Waals surface area contributed by atoms with Gasteiger partial charge in [0.25, 0.3) is 0 Å². The molecule has 96 valence electrons. The third-order valence-corrected chi connectivity index (χ3v) is 4.16. The number of aryl methyl sites for hydroxylation is 1. The van der Waals surface area contributed by atoms with Crippen LogP contribution in [0.15, 0.2) is 12.1 Å². The van der Waals surface area contributed by atoms with Gasteiger partial charge in [-0.05, 0) is 52.3 Å². The first-order chi connectivity index (χ1) is 7.70. The fourth-order valence-corrected chi connectivity index (χ4v) is 2.38. The highest BCUT2D eigenvalue weighted by atomic mass is 35.5. The number of hydrogen-bond acceptors (Lipinski definition) is 2. The van der Waals surface area contributed by atoms with Gasteiger partial charge in [0.05, 0.1) is 15.7 Å². The van der Waals surface area contributed by atoms with Gasteiger partial charge in [-0.15, -0.1) is 0 Å². The zero-order valence-electron chi connectivity index (χ0n) is 10.9. The fourth-order valence-electron chi connectivity index (χ4n) is 1.31. The van der Waals surface area contributed by atoms with Crippen molar-refractivity contribution < 1.29 is 4.21 Å². The predicted octanol–water partition coefficient (Wildman–Crippen LogP) is 3.16. The molecule has 0 bridgehead atoms. The first-order valence-electron chi connectivity index (χ1n) is 5.52. The number of nitrogens with zero attached hydrogens (tertiary/aromatic N) is 1. The smallest absolute Gasteiger partial charge is 0.129 e. The van der Waals surface area contributed by atoms with E-state index in [4.69, 9.17) is 11.6 Å². The van der Waals surface area contributed by atoms with Gasteiger partial charge in [-0.25, -0.2) is 13.9 Å². The van der Waals surface area contributed by atoms with E-state index in [1.54, 1.807) is 6.07 Å². The quantitative estimate of drug-likeness (QED) is 0.861. The third kappa shape index (κ3) is 4.37. The molecule has 17 heavy (non-hydrogen) atoms. The van der Waals surface area contributed by atoms with Gasteiger partial charge >= 0.3 is 0 Å². The Balaban J connectivity index is 2.83. The number of halogens is 1. The standard InChI is InChI=1S/C12H19ClN2OS/c1-8-6-10(7-11(13)14-8)9(2)15-17(16)12(3,4)5/h6-7,9,15H,1-5H3. The van der Waals surface area contributed by atoms with Crippen LogP contribution in [0.1, 0.15) is 45.0 Å². The molecule has 2 unspecified atom stereocenters. The molecule has 0 saturated carbocycles. The molecule has 0 aliphatic carbocycles. The van der Waals surface area contributed by atoms with Gasteiger partial charge < -0.3 is 0 Å². The van der Waals surface area contributed by atoms with Gasteiger partial charge in [0.1, 0.15) is 5.15 Å². The summed E-state index contributed by atoms with van der Waals surface area (Å²) < 4.78 is 14.8. The van der Waals surface area contributed by atoms with E-state index in [2.05, 4.69) is 9.71 Å². The van der Waals surface area contributed by atoms with Gasteiger partial charge in [0.15, 0.2) is 0 Å². The highest BCUT2D eigenvalue weighted by Gasteiger charge is 2.21. The fraction of sp³-hybridized carbons (Fsp3) is 0.583. The highest BCUT2D eigenvalue weighted by molar-refractivity contribution is 7.84. The second-order valence-electron chi connectivity index (χ2n) is 5.09. The Morgan fingerprint density at radius 3 is 2.47 bits per heavy atom. The lowest BCUT2D eigenvalue weighted by atomic mass is 10.1. The molecule has 1 heterocycles. The third-order valence-electron chi connectivity index (χ3n) is 2.28. The van der Waals surface area contributed by atoms with E-state index >= 15 is 0 Å². The van der Waals surface area contributed by atoms with E-state index in [0.29, 0.717) is 5.15 Å². The first kappa shape index (κ1) is 14.6. The monoisotopic (exact) mass is 274 g/mol. The number of hydrogen-bond donors (Lipinski definition) is 1. The zero-order valence-corrected chi connectivity index (χ0v) is 12.4. The van der Waals surface area contributed by atoms with Crippen LogP contribution >= 0.6 is 11.6 Å². The van der Waals surface area contributed by atoms with Crippen molar-refractivity contribution in [1.29, 1.82) is 0 Å². The molecule has 0 aliphatic rings. The average Bonchev–Trinajstić information content (AvgIpc) is 2.14. The molecule has 2 atom stereocenters. The maximum atomic E-state index is 12.0. The Kier molecular flexibility index (Phi) is 4.69. The summed E-state index contributed by atoms with van der Waals surface area (Å²) in [7, 11) is -1.09. The molecule has 0 aliphatic heterocycles. The summed E-state index contributed by atoms with van der Waals surface area (Å²) in [6.07, 6.45) is 0. The molecule has 0 amide bonds. The SMILES string of the molecule is Cc1cc(C(C)NS(=O)C(C)(C)C)cc(Cl)n1. The minimum Gasteiger partial charge on any atom is -0.242 e. The number of aromatic nitrogens is 1. The molecule has 1 aromatic rings. The lowest BCUT2D eigenvalue weighted by molar-refractivity contribution is 0.616. The van der Waals surface area contributed by atoms with Crippen molar-refractivity contribution in [2.75, 3.05) is 0 Å². The molecule has 3 nitrogen and oxygen atoms in total. The molecule has 0 fully saturated rings. The van der Waals surface area contributed by atoms with Gasteiger partial charge in [-0.2, -0.15) is 0 Å². The van der Waals surface area contributed by atoms with E-state index < -0.39 is 11.0 Å². The van der Waals surface area contributed by atoms with Crippen molar-refractivity contribution in [2.45, 2.75) is 45.4 Å². The summed E-state index contributed by atoms with van der Waals surface area (Å²) in [6.45, 7) is 9.67. The molecule has 0 radical (unpaired) electrons. The minimum absolute atomic E-state index is 0.0192. The van der Waals surface area contributed by atoms with Gasteiger partial charge in [0, 0.05) is 11.7 Å². The van der Waals surface area contributed by atoms with Crippen LogP contribution in [0.25, 0.3) is 0 Å². The first-order valence-corrected chi connectivity index (χ1v) is 7.05. The van der Waals surface area contributed by atoms with Gasteiger partial charge in [-0.1, -0.05) is 11.6 Å². The molecular weight excluding hydrogens is 256 g/mol. The van der Waals surface area contributed by atoms with E-state index in [1.165, 1.54) is 0 Å². The second kappa shape index (κ2) is 5.46. The number of nitrogens with one attached hydrogen (secondary N) is 1. The Bertz CT molecular complexity index is 409. The molecule has 0 saturated heterocycles. The van der Waals surface area contributed by atoms with Crippen molar-refractivity contribution in [3.05, 3.63) is 28.5 Å². The highest BCUT2D eigenvalue weighted by Crippen LogP contribution is 2.20. The van der Waals surface area contributed by atoms with Crippen LogP contribution in [-0.2, 0) is 11.0 Å². The van der Waals surface area contributed by atoms with Crippen molar-refractivity contribution in [3.8, 4) is 0 Å². The average molecular weight is 275 g/mol. The largest absolute Gasteiger partial charge is 0.242 e. The maximum Gasteiger partial charge on any atom is 0.129 e. The van der Waals surface area contributed by atoms with Crippen LogP contribution in [0.3, 0.4) is 0 Å². The van der Waals surface area contributed by atoms with Crippen LogP contribution in [0.4, 0.5) is 0 Å². The lowest BCUT2D eigenvalue weighted by Gasteiger charge is -2.22. The maximum absolute atomic E-state index is 12.0. The summed E-state index contributed by atoms with van der Waals surface area (Å²) in [6, 6.07) is 3.73. The molecule has 0 aromatic carbocycles. The van der Waals surface area contributed by atoms with E-state index in [1.807, 2.05) is 40.7 Å². The molecule has 1 aromatic heterocycles. The van der Waals surface area contributed by atoms with Gasteiger partial charge in [-0.3, -0.25) is 0 Å². The molecule has 5 heteroatoms. The van der Waals surface area contributed by atoms with Crippen LogP contribution in [0.2, 0.25) is 5.15 Å². The van der Waals surface area contributed by atoms with Crippen LogP contribution in [0, 0.1) is 6.92 Å². The summed E-state index contributed by atoms with van der Waals surface area (Å²) in [4.78, 5) is 4.11. The molecule has 1 rings (SSSR count). The van der Waals surface area contributed by atoms with Crippen molar-refractivity contribution in [3.63, 3.8) is 0 Å². The van der Waals surface area contributed by atoms with Crippen molar-refractivity contribution >= 4 is 22.6 Å². The Labute approximate surface area is 111 Å². The summed E-state index contributed by atoms with van der Waals surface area (Å²) in [5.41, 5.74) is 1.86. The summed E-state index contributed by atoms with van der Waals surface area (Å²) >= 11 is 5.91. The van der Waals surface area contributed by atoms with E-state index in [0.717, 1.165) is 11.3 Å². The minimum atomic E-state index is -1.09. The van der Waals surface area contributed by atoms with Crippen molar-refractivity contribution in [2.24, 2.45) is 0 Å². The van der Waals surface area contributed by atoms with Crippen LogP contribution < -0.4 is 4.72 Å². The van der Waals surface area contributed by atoms with Crippen LogP contribution in [0.5, 0.6) is 0 Å². The van der Waals surface area contributed by atoms with Crippen LogP contribution in [-0.4, -0.2) is 13.9 Å². The molecule has 0 spiro atoms. The normalized spacial score (nSPS) is 15.6. The number of pyridine rings is 1. The Morgan fingerprint density at radius 1 is 1.41 bits per heavy atom. The molecule has 1 N–H and O–H groups in total. The van der Waals surface area contributed by atoms with Crippen molar-refractivity contribution in [1.82, 2.24) is 9.71 Å². The Hall–Kier alpha value is -0.450. The molecular formula is C12H19ClN2OS. The van der Waals surface area contributed by atoms with E-state index in [9.17, 15) is 4.21 Å². The van der Waals surface area contributed by atoms with Gasteiger partial charge in [0.2, 0.25) is 0 Å². The Morgan fingerprint density at radius 2 is 2.00 bits per heavy atom. The summed E-state index contributed by atoms with van der Waals surface area (Å²) in [5, 5.41) is 0.468. The topological polar surface area (TPSA) is 42.0 Å². The summed E-state index contributed by atoms with van der Waals surface area (Å²) in [5.74, 6) is 0. The second-order valence-corrected chi connectivity index (χ2v) is 7.47. The zero-order chi connectivity index (χ0) is 13.2.